The summed E-state index contributed by atoms with van der Waals surface area (Å²) in [5, 5.41) is 0. The molecule has 6 heteroatoms. The molecule has 18 heavy (non-hydrogen) atoms. The minimum atomic E-state index is -0.0885. The summed E-state index contributed by atoms with van der Waals surface area (Å²) >= 11 is 1.05. The van der Waals surface area contributed by atoms with Crippen LogP contribution in [0.5, 0.6) is 0 Å². The quantitative estimate of drug-likeness (QED) is 0.792. The highest BCUT2D eigenvalue weighted by molar-refractivity contribution is 6.99. The SMILES string of the molecule is Nc1ccc2c(c1)CCCN2C(=O)c1cnsn1. The number of amides is 1. The number of benzene rings is 1. The summed E-state index contributed by atoms with van der Waals surface area (Å²) < 4.78 is 7.87. The fraction of sp³-hybridized carbons (Fsp3) is 0.250. The lowest BCUT2D eigenvalue weighted by atomic mass is 10.0. The van der Waals surface area contributed by atoms with Gasteiger partial charge in [0.2, 0.25) is 0 Å². The standard InChI is InChI=1S/C12H12N4OS/c13-9-3-4-11-8(6-9)2-1-5-16(11)12(17)10-7-14-18-15-10/h3-4,6-7H,1-2,5,13H2. The molecule has 1 amide bonds. The van der Waals surface area contributed by atoms with Crippen LogP contribution in [0.25, 0.3) is 0 Å². The van der Waals surface area contributed by atoms with Crippen LogP contribution in [0.15, 0.2) is 24.4 Å². The Morgan fingerprint density at radius 3 is 3.11 bits per heavy atom. The van der Waals surface area contributed by atoms with Crippen molar-refractivity contribution in [1.82, 2.24) is 8.75 Å². The van der Waals surface area contributed by atoms with Gasteiger partial charge in [-0.05, 0) is 36.6 Å². The molecule has 2 aromatic rings. The van der Waals surface area contributed by atoms with E-state index in [2.05, 4.69) is 8.75 Å². The lowest BCUT2D eigenvalue weighted by molar-refractivity contribution is 0.0981. The highest BCUT2D eigenvalue weighted by Crippen LogP contribution is 2.29. The molecular weight excluding hydrogens is 248 g/mol. The van der Waals surface area contributed by atoms with E-state index in [9.17, 15) is 4.79 Å². The van der Waals surface area contributed by atoms with E-state index in [0.717, 1.165) is 41.5 Å². The first-order valence-corrected chi connectivity index (χ1v) is 6.46. The Hall–Kier alpha value is -1.95. The maximum atomic E-state index is 12.3. The van der Waals surface area contributed by atoms with Gasteiger partial charge in [0.15, 0.2) is 5.69 Å². The molecule has 5 nitrogen and oxygen atoms in total. The molecule has 2 N–H and O–H groups in total. The predicted molar refractivity (Wildman–Crippen MR) is 70.8 cm³/mol. The van der Waals surface area contributed by atoms with Crippen LogP contribution in [0.3, 0.4) is 0 Å². The van der Waals surface area contributed by atoms with Crippen LogP contribution in [-0.4, -0.2) is 21.2 Å². The molecule has 0 aliphatic carbocycles. The van der Waals surface area contributed by atoms with Gasteiger partial charge in [-0.25, -0.2) is 0 Å². The van der Waals surface area contributed by atoms with Gasteiger partial charge in [0.1, 0.15) is 0 Å². The predicted octanol–water partition coefficient (Wildman–Crippen LogP) is 1.71. The Kier molecular flexibility index (Phi) is 2.71. The van der Waals surface area contributed by atoms with Crippen LogP contribution in [0.2, 0.25) is 0 Å². The average molecular weight is 260 g/mol. The Balaban J connectivity index is 1.99. The Labute approximate surface area is 109 Å². The summed E-state index contributed by atoms with van der Waals surface area (Å²) in [4.78, 5) is 14.1. The summed E-state index contributed by atoms with van der Waals surface area (Å²) in [7, 11) is 0. The van der Waals surface area contributed by atoms with Crippen LogP contribution in [-0.2, 0) is 6.42 Å². The fourth-order valence-corrected chi connectivity index (χ4v) is 2.63. The van der Waals surface area contributed by atoms with E-state index in [0.29, 0.717) is 12.2 Å². The number of hydrogen-bond donors (Lipinski definition) is 1. The Bertz CT molecular complexity index is 582. The molecule has 0 saturated heterocycles. The third-order valence-corrected chi connectivity index (χ3v) is 3.53. The van der Waals surface area contributed by atoms with Crippen LogP contribution in [0, 0.1) is 0 Å². The Morgan fingerprint density at radius 1 is 1.44 bits per heavy atom. The zero-order chi connectivity index (χ0) is 12.5. The second kappa shape index (κ2) is 4.38. The van der Waals surface area contributed by atoms with Gasteiger partial charge in [-0.15, -0.1) is 0 Å². The van der Waals surface area contributed by atoms with E-state index < -0.39 is 0 Å². The van der Waals surface area contributed by atoms with Crippen molar-refractivity contribution in [2.45, 2.75) is 12.8 Å². The molecule has 3 rings (SSSR count). The fourth-order valence-electron chi connectivity index (χ4n) is 2.23. The lowest BCUT2D eigenvalue weighted by Gasteiger charge is -2.29. The van der Waals surface area contributed by atoms with E-state index >= 15 is 0 Å². The molecule has 0 radical (unpaired) electrons. The van der Waals surface area contributed by atoms with Crippen molar-refractivity contribution in [3.63, 3.8) is 0 Å². The zero-order valence-corrected chi connectivity index (χ0v) is 10.5. The summed E-state index contributed by atoms with van der Waals surface area (Å²) in [5.74, 6) is -0.0885. The number of nitrogens with zero attached hydrogens (tertiary/aromatic N) is 3. The van der Waals surface area contributed by atoms with Gasteiger partial charge in [-0.2, -0.15) is 8.75 Å². The van der Waals surface area contributed by atoms with Crippen molar-refractivity contribution >= 4 is 29.0 Å². The molecule has 0 saturated carbocycles. The number of aryl methyl sites for hydroxylation is 1. The maximum Gasteiger partial charge on any atom is 0.279 e. The Morgan fingerprint density at radius 2 is 2.33 bits per heavy atom. The summed E-state index contributed by atoms with van der Waals surface area (Å²) in [5.41, 5.74) is 8.98. The molecule has 0 spiro atoms. The molecule has 0 unspecified atom stereocenters. The van der Waals surface area contributed by atoms with E-state index in [4.69, 9.17) is 5.73 Å². The highest BCUT2D eigenvalue weighted by atomic mass is 32.1. The number of anilines is 2. The number of nitrogen functional groups attached to an aromatic ring is 1. The molecule has 1 aromatic carbocycles. The third kappa shape index (κ3) is 1.84. The van der Waals surface area contributed by atoms with Gasteiger partial charge in [0.05, 0.1) is 17.9 Å². The van der Waals surface area contributed by atoms with Gasteiger partial charge in [0, 0.05) is 17.9 Å². The number of hydrogen-bond acceptors (Lipinski definition) is 5. The number of rotatable bonds is 1. The zero-order valence-electron chi connectivity index (χ0n) is 9.67. The number of carbonyl (C=O) groups excluding carboxylic acids is 1. The number of fused-ring (bicyclic) bond motifs is 1. The second-order valence-corrected chi connectivity index (χ2v) is 4.80. The molecule has 2 heterocycles. The monoisotopic (exact) mass is 260 g/mol. The van der Waals surface area contributed by atoms with Gasteiger partial charge in [0.25, 0.3) is 5.91 Å². The molecule has 92 valence electrons. The lowest BCUT2D eigenvalue weighted by Crippen LogP contribution is -2.35. The van der Waals surface area contributed by atoms with Crippen LogP contribution in [0.4, 0.5) is 11.4 Å². The topological polar surface area (TPSA) is 72.1 Å². The van der Waals surface area contributed by atoms with Crippen LogP contribution < -0.4 is 10.6 Å². The largest absolute Gasteiger partial charge is 0.399 e. The van der Waals surface area contributed by atoms with Crippen LogP contribution in [0.1, 0.15) is 22.5 Å². The second-order valence-electron chi connectivity index (χ2n) is 4.24. The molecule has 1 aliphatic heterocycles. The third-order valence-electron chi connectivity index (χ3n) is 3.05. The molecule has 0 fully saturated rings. The number of carbonyl (C=O) groups is 1. The van der Waals surface area contributed by atoms with Crippen molar-refractivity contribution in [1.29, 1.82) is 0 Å². The van der Waals surface area contributed by atoms with Gasteiger partial charge >= 0.3 is 0 Å². The van der Waals surface area contributed by atoms with Crippen molar-refractivity contribution in [2.75, 3.05) is 17.2 Å². The molecular formula is C12H12N4OS. The van der Waals surface area contributed by atoms with Crippen molar-refractivity contribution < 1.29 is 4.79 Å². The first kappa shape index (κ1) is 11.2. The van der Waals surface area contributed by atoms with E-state index in [1.165, 1.54) is 6.20 Å². The molecule has 1 aromatic heterocycles. The molecule has 0 bridgehead atoms. The van der Waals surface area contributed by atoms with Crippen LogP contribution >= 0.6 is 11.7 Å². The normalized spacial score (nSPS) is 14.3. The van der Waals surface area contributed by atoms with E-state index in [-0.39, 0.29) is 5.91 Å². The number of nitrogens with two attached hydrogens (primary N) is 1. The number of aromatic nitrogens is 2. The molecule has 1 aliphatic rings. The van der Waals surface area contributed by atoms with Crippen molar-refractivity contribution in [2.24, 2.45) is 0 Å². The molecule has 0 atom stereocenters. The van der Waals surface area contributed by atoms with Gasteiger partial charge in [-0.3, -0.25) is 4.79 Å². The smallest absolute Gasteiger partial charge is 0.279 e. The van der Waals surface area contributed by atoms with E-state index in [1.54, 1.807) is 4.90 Å². The maximum absolute atomic E-state index is 12.3. The van der Waals surface area contributed by atoms with E-state index in [1.807, 2.05) is 18.2 Å². The first-order chi connectivity index (χ1) is 8.75. The summed E-state index contributed by atoms with van der Waals surface area (Å²) in [6.07, 6.45) is 3.41. The van der Waals surface area contributed by atoms with Gasteiger partial charge < -0.3 is 10.6 Å². The van der Waals surface area contributed by atoms with Gasteiger partial charge in [-0.1, -0.05) is 0 Å². The van der Waals surface area contributed by atoms with Crippen molar-refractivity contribution in [3.05, 3.63) is 35.7 Å². The highest BCUT2D eigenvalue weighted by Gasteiger charge is 2.24. The summed E-state index contributed by atoms with van der Waals surface area (Å²) in [6.45, 7) is 0.716. The minimum absolute atomic E-state index is 0.0885. The average Bonchev–Trinajstić information content (AvgIpc) is 2.90. The minimum Gasteiger partial charge on any atom is -0.399 e. The van der Waals surface area contributed by atoms with Crippen molar-refractivity contribution in [3.8, 4) is 0 Å². The first-order valence-electron chi connectivity index (χ1n) is 5.73. The summed E-state index contributed by atoms with van der Waals surface area (Å²) in [6, 6.07) is 5.67.